The van der Waals surface area contributed by atoms with Crippen LogP contribution in [0, 0.1) is 22.7 Å². The van der Waals surface area contributed by atoms with Crippen LogP contribution >= 0.6 is 0 Å². The van der Waals surface area contributed by atoms with Crippen molar-refractivity contribution in [1.82, 2.24) is 5.32 Å². The molecule has 0 bridgehead atoms. The number of hydrogen-bond donors (Lipinski definition) is 1. The maximum Gasteiger partial charge on any atom is 0.128 e. The molecule has 5 aromatic carbocycles. The van der Waals surface area contributed by atoms with Crippen LogP contribution in [0.3, 0.4) is 0 Å². The monoisotopic (exact) mass is 491 g/mol. The van der Waals surface area contributed by atoms with Crippen molar-refractivity contribution in [3.05, 3.63) is 167 Å². The number of nitrogens with one attached hydrogen (secondary N) is 1. The fraction of sp³-hybridized carbons (Fsp3) is 0.0588. The smallest absolute Gasteiger partial charge is 0.128 e. The third-order valence-electron chi connectivity index (χ3n) is 6.57. The molecule has 38 heavy (non-hydrogen) atoms. The van der Waals surface area contributed by atoms with Gasteiger partial charge < -0.3 is 4.74 Å². The van der Waals surface area contributed by atoms with Crippen molar-refractivity contribution >= 4 is 0 Å². The second-order valence-electron chi connectivity index (χ2n) is 8.88. The van der Waals surface area contributed by atoms with E-state index in [0.29, 0.717) is 29.2 Å². The SMILES string of the molecule is N#Cc1ccc(Oc2ccc(CNC(c3ccccc3)(c3ccccc3)c3ccccc3)cc2)cc1C#N. The van der Waals surface area contributed by atoms with Crippen LogP contribution in [0.25, 0.3) is 0 Å². The van der Waals surface area contributed by atoms with Crippen molar-refractivity contribution in [3.8, 4) is 23.6 Å². The van der Waals surface area contributed by atoms with Gasteiger partial charge in [-0.1, -0.05) is 103 Å². The summed E-state index contributed by atoms with van der Waals surface area (Å²) in [6.45, 7) is 0.619. The van der Waals surface area contributed by atoms with Crippen LogP contribution in [0.4, 0.5) is 0 Å². The molecule has 4 nitrogen and oxygen atoms in total. The van der Waals surface area contributed by atoms with Crippen molar-refractivity contribution in [1.29, 1.82) is 10.5 Å². The Hall–Kier alpha value is -5.16. The molecule has 0 aliphatic heterocycles. The average Bonchev–Trinajstić information content (AvgIpc) is 3.00. The Morgan fingerprint density at radius 1 is 0.553 bits per heavy atom. The minimum atomic E-state index is -0.546. The Morgan fingerprint density at radius 2 is 1.03 bits per heavy atom. The van der Waals surface area contributed by atoms with Crippen LogP contribution in [0.15, 0.2) is 133 Å². The van der Waals surface area contributed by atoms with E-state index in [1.54, 1.807) is 18.2 Å². The molecule has 0 heterocycles. The van der Waals surface area contributed by atoms with Gasteiger partial charge in [-0.3, -0.25) is 5.32 Å². The minimum Gasteiger partial charge on any atom is -0.457 e. The van der Waals surface area contributed by atoms with Gasteiger partial charge in [0, 0.05) is 6.54 Å². The summed E-state index contributed by atoms with van der Waals surface area (Å²) in [5.74, 6) is 1.17. The molecule has 0 aliphatic rings. The van der Waals surface area contributed by atoms with Crippen molar-refractivity contribution in [3.63, 3.8) is 0 Å². The predicted molar refractivity (Wildman–Crippen MR) is 148 cm³/mol. The Balaban J connectivity index is 1.44. The highest BCUT2D eigenvalue weighted by atomic mass is 16.5. The molecular formula is C34H25N3O. The molecule has 1 N–H and O–H groups in total. The van der Waals surface area contributed by atoms with Gasteiger partial charge >= 0.3 is 0 Å². The van der Waals surface area contributed by atoms with Crippen LogP contribution in [-0.4, -0.2) is 0 Å². The van der Waals surface area contributed by atoms with Crippen LogP contribution in [-0.2, 0) is 12.1 Å². The molecule has 5 aromatic rings. The van der Waals surface area contributed by atoms with E-state index in [9.17, 15) is 5.26 Å². The van der Waals surface area contributed by atoms with E-state index in [1.807, 2.05) is 54.6 Å². The largest absolute Gasteiger partial charge is 0.457 e. The first-order valence-corrected chi connectivity index (χ1v) is 12.4. The Labute approximate surface area is 223 Å². The van der Waals surface area contributed by atoms with Crippen molar-refractivity contribution in [2.45, 2.75) is 12.1 Å². The zero-order valence-electron chi connectivity index (χ0n) is 20.7. The Bertz CT molecular complexity index is 1490. The first-order valence-electron chi connectivity index (χ1n) is 12.4. The van der Waals surface area contributed by atoms with Crippen molar-refractivity contribution in [2.75, 3.05) is 0 Å². The standard InChI is InChI=1S/C34H25N3O/c35-23-27-18-21-33(22-28(27)24-36)38-32-19-16-26(17-20-32)25-37-34(29-10-4-1-5-11-29,30-12-6-2-7-13-30)31-14-8-3-9-15-31/h1-22,37H,25H2. The predicted octanol–water partition coefficient (Wildman–Crippen LogP) is 7.30. The van der Waals surface area contributed by atoms with Gasteiger partial charge in [-0.15, -0.1) is 0 Å². The molecule has 0 aliphatic carbocycles. The van der Waals surface area contributed by atoms with Crippen molar-refractivity contribution in [2.24, 2.45) is 0 Å². The second-order valence-corrected chi connectivity index (χ2v) is 8.88. The molecule has 0 radical (unpaired) electrons. The molecule has 0 fully saturated rings. The summed E-state index contributed by atoms with van der Waals surface area (Å²) in [6, 6.07) is 48.4. The number of hydrogen-bond acceptors (Lipinski definition) is 4. The molecule has 0 atom stereocenters. The molecule has 0 saturated heterocycles. The zero-order valence-corrected chi connectivity index (χ0v) is 20.7. The van der Waals surface area contributed by atoms with E-state index in [2.05, 4.69) is 78.1 Å². The fourth-order valence-corrected chi connectivity index (χ4v) is 4.69. The number of ether oxygens (including phenoxy) is 1. The van der Waals surface area contributed by atoms with Crippen LogP contribution in [0.5, 0.6) is 11.5 Å². The quantitative estimate of drug-likeness (QED) is 0.231. The third-order valence-corrected chi connectivity index (χ3v) is 6.57. The summed E-state index contributed by atoms with van der Waals surface area (Å²) in [7, 11) is 0. The molecule has 0 unspecified atom stereocenters. The van der Waals surface area contributed by atoms with Gasteiger partial charge in [0.15, 0.2) is 0 Å². The summed E-state index contributed by atoms with van der Waals surface area (Å²) >= 11 is 0. The van der Waals surface area contributed by atoms with Crippen molar-refractivity contribution < 1.29 is 4.74 Å². The molecule has 0 aromatic heterocycles. The van der Waals surface area contributed by atoms with E-state index in [1.165, 1.54) is 0 Å². The lowest BCUT2D eigenvalue weighted by Gasteiger charge is -2.37. The van der Waals surface area contributed by atoms with Crippen LogP contribution in [0.1, 0.15) is 33.4 Å². The van der Waals surface area contributed by atoms with Gasteiger partial charge in [0.05, 0.1) is 16.7 Å². The van der Waals surface area contributed by atoms with E-state index in [0.717, 1.165) is 22.3 Å². The van der Waals surface area contributed by atoms with Gasteiger partial charge in [-0.05, 0) is 52.6 Å². The molecular weight excluding hydrogens is 466 g/mol. The zero-order chi connectivity index (χ0) is 26.2. The van der Waals surface area contributed by atoms with Crippen LogP contribution in [0.2, 0.25) is 0 Å². The van der Waals surface area contributed by atoms with E-state index in [4.69, 9.17) is 10.00 Å². The summed E-state index contributed by atoms with van der Waals surface area (Å²) in [4.78, 5) is 0. The summed E-state index contributed by atoms with van der Waals surface area (Å²) in [6.07, 6.45) is 0. The number of rotatable bonds is 8. The molecule has 5 rings (SSSR count). The first-order chi connectivity index (χ1) is 18.7. The van der Waals surface area contributed by atoms with E-state index < -0.39 is 5.54 Å². The van der Waals surface area contributed by atoms with Gasteiger partial charge in [-0.2, -0.15) is 10.5 Å². The van der Waals surface area contributed by atoms with E-state index >= 15 is 0 Å². The second kappa shape index (κ2) is 11.3. The number of nitriles is 2. The first kappa shape index (κ1) is 24.5. The van der Waals surface area contributed by atoms with E-state index in [-0.39, 0.29) is 0 Å². The lowest BCUT2D eigenvalue weighted by Crippen LogP contribution is -2.44. The highest BCUT2D eigenvalue weighted by Gasteiger charge is 2.35. The van der Waals surface area contributed by atoms with Gasteiger partial charge in [-0.25, -0.2) is 0 Å². The van der Waals surface area contributed by atoms with Gasteiger partial charge in [0.1, 0.15) is 23.6 Å². The lowest BCUT2D eigenvalue weighted by atomic mass is 9.77. The molecule has 182 valence electrons. The van der Waals surface area contributed by atoms with Crippen LogP contribution < -0.4 is 10.1 Å². The normalized spacial score (nSPS) is 10.8. The highest BCUT2D eigenvalue weighted by molar-refractivity contribution is 5.51. The Morgan fingerprint density at radius 3 is 1.50 bits per heavy atom. The topological polar surface area (TPSA) is 68.8 Å². The molecule has 0 saturated carbocycles. The fourth-order valence-electron chi connectivity index (χ4n) is 4.69. The molecule has 0 spiro atoms. The average molecular weight is 492 g/mol. The minimum absolute atomic E-state index is 0.296. The summed E-state index contributed by atoms with van der Waals surface area (Å²) in [5.41, 5.74) is 4.66. The Kier molecular flexibility index (Phi) is 7.27. The summed E-state index contributed by atoms with van der Waals surface area (Å²) < 4.78 is 5.95. The number of benzene rings is 5. The number of nitrogens with zero attached hydrogens (tertiary/aromatic N) is 2. The lowest BCUT2D eigenvalue weighted by molar-refractivity contribution is 0.468. The molecule has 0 amide bonds. The third kappa shape index (κ3) is 5.04. The maximum atomic E-state index is 9.28. The summed E-state index contributed by atoms with van der Waals surface area (Å²) in [5, 5.41) is 22.3. The van der Waals surface area contributed by atoms with Gasteiger partial charge in [0.25, 0.3) is 0 Å². The highest BCUT2D eigenvalue weighted by Crippen LogP contribution is 2.37. The molecule has 4 heteroatoms. The maximum absolute atomic E-state index is 9.28. The van der Waals surface area contributed by atoms with Gasteiger partial charge in [0.2, 0.25) is 0 Å².